The SMILES string of the molecule is CC1CN(c2nc[nH]c(=O)c2Br)CC(C)N1. The molecule has 0 spiro atoms. The lowest BCUT2D eigenvalue weighted by Crippen LogP contribution is -2.54. The second-order valence-corrected chi connectivity index (χ2v) is 5.04. The van der Waals surface area contributed by atoms with Gasteiger partial charge >= 0.3 is 0 Å². The molecule has 2 heterocycles. The fourth-order valence-corrected chi connectivity index (χ4v) is 2.56. The molecule has 2 N–H and O–H groups in total. The van der Waals surface area contributed by atoms with Gasteiger partial charge in [-0.05, 0) is 29.8 Å². The van der Waals surface area contributed by atoms with Gasteiger partial charge in [-0.1, -0.05) is 0 Å². The van der Waals surface area contributed by atoms with Crippen molar-refractivity contribution < 1.29 is 0 Å². The number of rotatable bonds is 1. The molecule has 6 heteroatoms. The van der Waals surface area contributed by atoms with Crippen molar-refractivity contribution in [2.75, 3.05) is 18.0 Å². The van der Waals surface area contributed by atoms with Crippen molar-refractivity contribution >= 4 is 21.7 Å². The second-order valence-electron chi connectivity index (χ2n) is 4.24. The van der Waals surface area contributed by atoms with Crippen molar-refractivity contribution in [3.63, 3.8) is 0 Å². The smallest absolute Gasteiger partial charge is 0.267 e. The fourth-order valence-electron chi connectivity index (χ4n) is 2.09. The van der Waals surface area contributed by atoms with Gasteiger partial charge < -0.3 is 15.2 Å². The Morgan fingerprint density at radius 2 is 2.06 bits per heavy atom. The molecule has 2 rings (SSSR count). The van der Waals surface area contributed by atoms with Crippen molar-refractivity contribution in [3.8, 4) is 0 Å². The van der Waals surface area contributed by atoms with Crippen molar-refractivity contribution in [1.29, 1.82) is 0 Å². The average molecular weight is 287 g/mol. The summed E-state index contributed by atoms with van der Waals surface area (Å²) in [6.45, 7) is 5.98. The number of nitrogens with zero attached hydrogens (tertiary/aromatic N) is 2. The number of hydrogen-bond donors (Lipinski definition) is 2. The number of anilines is 1. The molecule has 0 aliphatic carbocycles. The normalized spacial score (nSPS) is 25.8. The predicted molar refractivity (Wildman–Crippen MR) is 66.8 cm³/mol. The Morgan fingerprint density at radius 1 is 1.44 bits per heavy atom. The lowest BCUT2D eigenvalue weighted by molar-refractivity contribution is 0.404. The summed E-state index contributed by atoms with van der Waals surface area (Å²) < 4.78 is 0.510. The molecule has 16 heavy (non-hydrogen) atoms. The van der Waals surface area contributed by atoms with Gasteiger partial charge in [0.1, 0.15) is 10.3 Å². The van der Waals surface area contributed by atoms with E-state index in [1.807, 2.05) is 0 Å². The molecule has 0 saturated carbocycles. The van der Waals surface area contributed by atoms with Gasteiger partial charge in [-0.15, -0.1) is 0 Å². The zero-order valence-electron chi connectivity index (χ0n) is 9.33. The highest BCUT2D eigenvalue weighted by atomic mass is 79.9. The number of nitrogens with one attached hydrogen (secondary N) is 2. The van der Waals surface area contributed by atoms with E-state index >= 15 is 0 Å². The zero-order chi connectivity index (χ0) is 11.7. The van der Waals surface area contributed by atoms with Gasteiger partial charge in [0.2, 0.25) is 0 Å². The third kappa shape index (κ3) is 2.27. The Hall–Kier alpha value is -0.880. The molecule has 1 aromatic heterocycles. The molecule has 1 saturated heterocycles. The predicted octanol–water partition coefficient (Wildman–Crippen LogP) is 0.719. The number of halogens is 1. The summed E-state index contributed by atoms with van der Waals surface area (Å²) in [5, 5.41) is 3.44. The van der Waals surface area contributed by atoms with Crippen molar-refractivity contribution in [2.45, 2.75) is 25.9 Å². The zero-order valence-corrected chi connectivity index (χ0v) is 10.9. The van der Waals surface area contributed by atoms with Crippen LogP contribution in [0.5, 0.6) is 0 Å². The molecule has 0 radical (unpaired) electrons. The molecule has 1 aromatic rings. The summed E-state index contributed by atoms with van der Waals surface area (Å²) in [5.41, 5.74) is -0.135. The van der Waals surface area contributed by atoms with Crippen LogP contribution < -0.4 is 15.8 Å². The summed E-state index contributed by atoms with van der Waals surface area (Å²) in [7, 11) is 0. The second kappa shape index (κ2) is 4.55. The van der Waals surface area contributed by atoms with E-state index in [0.717, 1.165) is 18.9 Å². The monoisotopic (exact) mass is 286 g/mol. The molecule has 88 valence electrons. The minimum Gasteiger partial charge on any atom is -0.352 e. The highest BCUT2D eigenvalue weighted by Gasteiger charge is 2.23. The van der Waals surface area contributed by atoms with Crippen LogP contribution in [0.25, 0.3) is 0 Å². The maximum absolute atomic E-state index is 11.5. The molecule has 0 amide bonds. The highest BCUT2D eigenvalue weighted by Crippen LogP contribution is 2.21. The Balaban J connectivity index is 2.30. The lowest BCUT2D eigenvalue weighted by Gasteiger charge is -2.37. The Morgan fingerprint density at radius 3 is 2.69 bits per heavy atom. The topological polar surface area (TPSA) is 61.0 Å². The third-order valence-corrected chi connectivity index (χ3v) is 3.35. The van der Waals surface area contributed by atoms with Crippen LogP contribution in [0.15, 0.2) is 15.6 Å². The van der Waals surface area contributed by atoms with Crippen LogP contribution >= 0.6 is 15.9 Å². The fraction of sp³-hybridized carbons (Fsp3) is 0.600. The van der Waals surface area contributed by atoms with E-state index in [-0.39, 0.29) is 5.56 Å². The molecule has 1 fully saturated rings. The Labute approximate surface area is 102 Å². The first-order valence-corrected chi connectivity index (χ1v) is 6.11. The maximum Gasteiger partial charge on any atom is 0.267 e. The lowest BCUT2D eigenvalue weighted by atomic mass is 10.1. The molecule has 1 aliphatic heterocycles. The van der Waals surface area contributed by atoms with Gasteiger partial charge in [0.05, 0.1) is 6.33 Å². The van der Waals surface area contributed by atoms with E-state index < -0.39 is 0 Å². The van der Waals surface area contributed by atoms with Gasteiger partial charge in [-0.2, -0.15) is 0 Å². The number of aromatic amines is 1. The quantitative estimate of drug-likeness (QED) is 0.799. The molecular formula is C10H15BrN4O. The minimum absolute atomic E-state index is 0.135. The van der Waals surface area contributed by atoms with Crippen LogP contribution in [0, 0.1) is 0 Å². The molecule has 2 unspecified atom stereocenters. The number of aromatic nitrogens is 2. The van der Waals surface area contributed by atoms with Crippen LogP contribution in [-0.4, -0.2) is 35.1 Å². The molecule has 0 aromatic carbocycles. The Kier molecular flexibility index (Phi) is 3.30. The summed E-state index contributed by atoms with van der Waals surface area (Å²) >= 11 is 3.29. The van der Waals surface area contributed by atoms with Gasteiger partial charge in [0, 0.05) is 25.2 Å². The van der Waals surface area contributed by atoms with E-state index in [9.17, 15) is 4.79 Å². The maximum atomic E-state index is 11.5. The van der Waals surface area contributed by atoms with Crippen molar-refractivity contribution in [1.82, 2.24) is 15.3 Å². The third-order valence-electron chi connectivity index (χ3n) is 2.64. The first kappa shape index (κ1) is 11.6. The first-order valence-electron chi connectivity index (χ1n) is 5.32. The number of hydrogen-bond acceptors (Lipinski definition) is 4. The van der Waals surface area contributed by atoms with E-state index in [2.05, 4.69) is 50.0 Å². The molecule has 1 aliphatic rings. The average Bonchev–Trinajstić information content (AvgIpc) is 2.20. The van der Waals surface area contributed by atoms with Crippen molar-refractivity contribution in [2.24, 2.45) is 0 Å². The summed E-state index contributed by atoms with van der Waals surface area (Å²) in [5.74, 6) is 0.726. The summed E-state index contributed by atoms with van der Waals surface area (Å²) in [6.07, 6.45) is 1.44. The standard InChI is InChI=1S/C10H15BrN4O/c1-6-3-15(4-7(2)14-6)9-8(11)10(16)13-5-12-9/h5-7,14H,3-4H2,1-2H3,(H,12,13,16). The number of piperazine rings is 1. The largest absolute Gasteiger partial charge is 0.352 e. The van der Waals surface area contributed by atoms with Crippen LogP contribution in [0.1, 0.15) is 13.8 Å². The highest BCUT2D eigenvalue weighted by molar-refractivity contribution is 9.10. The van der Waals surface area contributed by atoms with Crippen LogP contribution in [0.4, 0.5) is 5.82 Å². The van der Waals surface area contributed by atoms with Crippen LogP contribution in [0.3, 0.4) is 0 Å². The van der Waals surface area contributed by atoms with Gasteiger partial charge in [-0.3, -0.25) is 4.79 Å². The van der Waals surface area contributed by atoms with E-state index in [1.165, 1.54) is 6.33 Å². The van der Waals surface area contributed by atoms with E-state index in [0.29, 0.717) is 16.6 Å². The van der Waals surface area contributed by atoms with Crippen LogP contribution in [-0.2, 0) is 0 Å². The molecular weight excluding hydrogens is 272 g/mol. The van der Waals surface area contributed by atoms with E-state index in [1.54, 1.807) is 0 Å². The Bertz CT molecular complexity index is 423. The minimum atomic E-state index is -0.135. The first-order chi connectivity index (χ1) is 7.58. The van der Waals surface area contributed by atoms with Gasteiger partial charge in [0.15, 0.2) is 0 Å². The molecule has 0 bridgehead atoms. The molecule has 5 nitrogen and oxygen atoms in total. The van der Waals surface area contributed by atoms with Gasteiger partial charge in [-0.25, -0.2) is 4.98 Å². The molecule has 2 atom stereocenters. The number of H-pyrrole nitrogens is 1. The van der Waals surface area contributed by atoms with E-state index in [4.69, 9.17) is 0 Å². The summed E-state index contributed by atoms with van der Waals surface area (Å²) in [6, 6.07) is 0.800. The van der Waals surface area contributed by atoms with Gasteiger partial charge in [0.25, 0.3) is 5.56 Å². The van der Waals surface area contributed by atoms with Crippen LogP contribution in [0.2, 0.25) is 0 Å². The summed E-state index contributed by atoms with van der Waals surface area (Å²) in [4.78, 5) is 20.4. The van der Waals surface area contributed by atoms with Crippen molar-refractivity contribution in [3.05, 3.63) is 21.2 Å².